The molecule has 0 saturated carbocycles. The molecule has 1 amide bonds. The zero-order chi connectivity index (χ0) is 20.8. The lowest BCUT2D eigenvalue weighted by Gasteiger charge is -2.33. The number of rotatable bonds is 7. The maximum absolute atomic E-state index is 12.4. The van der Waals surface area contributed by atoms with Gasteiger partial charge in [0.25, 0.3) is 0 Å². The van der Waals surface area contributed by atoms with E-state index in [1.807, 2.05) is 32.4 Å². The fourth-order valence-corrected chi connectivity index (χ4v) is 3.92. The lowest BCUT2D eigenvalue weighted by molar-refractivity contribution is -0.121. The van der Waals surface area contributed by atoms with Crippen molar-refractivity contribution < 1.29 is 4.79 Å². The van der Waals surface area contributed by atoms with Crippen molar-refractivity contribution in [3.05, 3.63) is 40.8 Å². The summed E-state index contributed by atoms with van der Waals surface area (Å²) in [4.78, 5) is 30.5. The van der Waals surface area contributed by atoms with Gasteiger partial charge in [0.1, 0.15) is 5.82 Å². The average molecular weight is 415 g/mol. The van der Waals surface area contributed by atoms with Gasteiger partial charge in [-0.2, -0.15) is 0 Å². The van der Waals surface area contributed by atoms with Gasteiger partial charge in [0.05, 0.1) is 0 Å². The van der Waals surface area contributed by atoms with Crippen LogP contribution < -0.4 is 10.2 Å². The highest BCUT2D eigenvalue weighted by atomic mass is 32.2. The number of piperazine rings is 1. The zero-order valence-corrected chi connectivity index (χ0v) is 18.6. The Balaban J connectivity index is 1.52. The highest BCUT2D eigenvalue weighted by Gasteiger charge is 2.15. The van der Waals surface area contributed by atoms with Gasteiger partial charge in [0.15, 0.2) is 5.16 Å². The van der Waals surface area contributed by atoms with E-state index in [4.69, 9.17) is 0 Å². The molecule has 156 valence electrons. The van der Waals surface area contributed by atoms with E-state index in [2.05, 4.69) is 43.2 Å². The second-order valence-electron chi connectivity index (χ2n) is 7.45. The van der Waals surface area contributed by atoms with Crippen LogP contribution in [0, 0.1) is 13.8 Å². The molecule has 0 aliphatic carbocycles. The third kappa shape index (κ3) is 5.90. The molecule has 2 aromatic rings. The Morgan fingerprint density at radius 3 is 2.52 bits per heavy atom. The Morgan fingerprint density at radius 2 is 1.86 bits per heavy atom. The van der Waals surface area contributed by atoms with Crippen molar-refractivity contribution in [2.24, 2.45) is 0 Å². The smallest absolute Gasteiger partial charge is 0.220 e. The van der Waals surface area contributed by atoms with Crippen molar-refractivity contribution in [2.45, 2.75) is 38.4 Å². The first-order valence-corrected chi connectivity index (χ1v) is 11.2. The van der Waals surface area contributed by atoms with Gasteiger partial charge in [-0.1, -0.05) is 11.8 Å². The molecule has 1 aliphatic heterocycles. The summed E-state index contributed by atoms with van der Waals surface area (Å²) >= 11 is 1.53. The first-order valence-electron chi connectivity index (χ1n) is 9.99. The van der Waals surface area contributed by atoms with E-state index >= 15 is 0 Å². The van der Waals surface area contributed by atoms with Gasteiger partial charge in [0.2, 0.25) is 5.91 Å². The monoisotopic (exact) mass is 414 g/mol. The Hall–Kier alpha value is -2.19. The van der Waals surface area contributed by atoms with Gasteiger partial charge < -0.3 is 15.1 Å². The molecule has 0 atom stereocenters. The first-order chi connectivity index (χ1) is 14.0. The van der Waals surface area contributed by atoms with Crippen LogP contribution in [0.15, 0.2) is 23.5 Å². The molecule has 2 aromatic heterocycles. The van der Waals surface area contributed by atoms with Crippen LogP contribution in [-0.4, -0.2) is 65.2 Å². The molecule has 1 saturated heterocycles. The number of likely N-dealkylation sites (N-methyl/N-ethyl adjacent to an activating group) is 1. The second kappa shape index (κ2) is 10.0. The van der Waals surface area contributed by atoms with E-state index in [-0.39, 0.29) is 5.91 Å². The maximum Gasteiger partial charge on any atom is 0.220 e. The Labute approximate surface area is 177 Å². The van der Waals surface area contributed by atoms with Crippen molar-refractivity contribution in [3.63, 3.8) is 0 Å². The summed E-state index contributed by atoms with van der Waals surface area (Å²) in [6.07, 6.45) is 4.88. The fourth-order valence-electron chi connectivity index (χ4n) is 3.47. The Kier molecular flexibility index (Phi) is 7.44. The van der Waals surface area contributed by atoms with Gasteiger partial charge in [-0.25, -0.2) is 15.0 Å². The average Bonchev–Trinajstić information content (AvgIpc) is 2.72. The van der Waals surface area contributed by atoms with Crippen LogP contribution in [0.2, 0.25) is 0 Å². The van der Waals surface area contributed by atoms with Gasteiger partial charge in [0, 0.05) is 56.7 Å². The summed E-state index contributed by atoms with van der Waals surface area (Å²) in [7, 11) is 2.14. The molecule has 0 aromatic carbocycles. The van der Waals surface area contributed by atoms with Gasteiger partial charge in [-0.15, -0.1) is 0 Å². The molecule has 3 rings (SSSR count). The number of carbonyl (C=O) groups excluding carboxylic acids is 1. The Morgan fingerprint density at radius 1 is 1.17 bits per heavy atom. The second-order valence-corrected chi connectivity index (χ2v) is 8.22. The number of hydrogen-bond acceptors (Lipinski definition) is 7. The molecule has 3 heterocycles. The van der Waals surface area contributed by atoms with Crippen molar-refractivity contribution in [1.29, 1.82) is 0 Å². The lowest BCUT2D eigenvalue weighted by Crippen LogP contribution is -2.44. The highest BCUT2D eigenvalue weighted by molar-refractivity contribution is 7.98. The van der Waals surface area contributed by atoms with E-state index in [1.54, 1.807) is 0 Å². The predicted octanol–water partition coefficient (Wildman–Crippen LogP) is 2.21. The Bertz CT molecular complexity index is 828. The van der Waals surface area contributed by atoms with E-state index in [0.29, 0.717) is 19.4 Å². The number of carbonyl (C=O) groups is 1. The maximum atomic E-state index is 12.4. The summed E-state index contributed by atoms with van der Waals surface area (Å²) in [6, 6.07) is 4.04. The SMILES string of the molecule is CSc1nc(C)c(CCC(=O)NCc2ccnc(N3CCN(C)CC3)c2)c(C)n1. The standard InChI is InChI=1S/C21H30N6OS/c1-15-18(16(2)25-21(24-15)29-4)5-6-20(28)23-14-17-7-8-22-19(13-17)27-11-9-26(3)10-12-27/h7-8,13H,5-6,9-12,14H2,1-4H3,(H,23,28). The van der Waals surface area contributed by atoms with Crippen LogP contribution in [0.3, 0.4) is 0 Å². The normalized spacial score (nSPS) is 14.8. The molecular weight excluding hydrogens is 384 g/mol. The van der Waals surface area contributed by atoms with E-state index in [0.717, 1.165) is 59.7 Å². The van der Waals surface area contributed by atoms with Crippen molar-refractivity contribution in [2.75, 3.05) is 44.4 Å². The molecule has 1 aliphatic rings. The third-order valence-corrected chi connectivity index (χ3v) is 5.86. The zero-order valence-electron chi connectivity index (χ0n) is 17.7. The van der Waals surface area contributed by atoms with Gasteiger partial charge in [-0.3, -0.25) is 4.79 Å². The third-order valence-electron chi connectivity index (χ3n) is 5.31. The molecule has 0 unspecified atom stereocenters. The molecule has 7 nitrogen and oxygen atoms in total. The van der Waals surface area contributed by atoms with Crippen molar-refractivity contribution in [1.82, 2.24) is 25.2 Å². The summed E-state index contributed by atoms with van der Waals surface area (Å²) in [5.41, 5.74) is 4.06. The number of nitrogens with zero attached hydrogens (tertiary/aromatic N) is 5. The predicted molar refractivity (Wildman–Crippen MR) is 117 cm³/mol. The molecular formula is C21H30N6OS. The number of pyridine rings is 1. The van der Waals surface area contributed by atoms with Crippen LogP contribution in [0.5, 0.6) is 0 Å². The molecule has 0 bridgehead atoms. The molecule has 1 fully saturated rings. The molecule has 0 spiro atoms. The van der Waals surface area contributed by atoms with Crippen molar-refractivity contribution >= 4 is 23.5 Å². The van der Waals surface area contributed by atoms with Gasteiger partial charge in [-0.05, 0) is 56.8 Å². The van der Waals surface area contributed by atoms with Crippen LogP contribution in [0.4, 0.5) is 5.82 Å². The molecule has 29 heavy (non-hydrogen) atoms. The van der Waals surface area contributed by atoms with E-state index in [9.17, 15) is 4.79 Å². The van der Waals surface area contributed by atoms with Crippen LogP contribution in [-0.2, 0) is 17.8 Å². The van der Waals surface area contributed by atoms with Gasteiger partial charge >= 0.3 is 0 Å². The van der Waals surface area contributed by atoms with Crippen molar-refractivity contribution in [3.8, 4) is 0 Å². The lowest BCUT2D eigenvalue weighted by atomic mass is 10.1. The molecule has 8 heteroatoms. The highest BCUT2D eigenvalue weighted by Crippen LogP contribution is 2.17. The minimum Gasteiger partial charge on any atom is -0.354 e. The number of anilines is 1. The minimum atomic E-state index is 0.0377. The topological polar surface area (TPSA) is 74.2 Å². The largest absolute Gasteiger partial charge is 0.354 e. The van der Waals surface area contributed by atoms with E-state index < -0.39 is 0 Å². The molecule has 0 radical (unpaired) electrons. The fraction of sp³-hybridized carbons (Fsp3) is 0.524. The van der Waals surface area contributed by atoms with Crippen LogP contribution in [0.1, 0.15) is 28.9 Å². The first kappa shape index (κ1) is 21.5. The minimum absolute atomic E-state index is 0.0377. The number of amides is 1. The number of aryl methyl sites for hydroxylation is 2. The summed E-state index contributed by atoms with van der Waals surface area (Å²) in [6.45, 7) is 8.54. The number of nitrogens with one attached hydrogen (secondary N) is 1. The number of hydrogen-bond donors (Lipinski definition) is 1. The summed E-state index contributed by atoms with van der Waals surface area (Å²) in [5, 5.41) is 3.81. The summed E-state index contributed by atoms with van der Waals surface area (Å²) in [5.74, 6) is 1.03. The number of thioether (sulfide) groups is 1. The van der Waals surface area contributed by atoms with E-state index in [1.165, 1.54) is 11.8 Å². The van der Waals surface area contributed by atoms with Crippen LogP contribution >= 0.6 is 11.8 Å². The molecule has 1 N–H and O–H groups in total. The summed E-state index contributed by atoms with van der Waals surface area (Å²) < 4.78 is 0. The number of aromatic nitrogens is 3. The van der Waals surface area contributed by atoms with Crippen LogP contribution in [0.25, 0.3) is 0 Å². The quantitative estimate of drug-likeness (QED) is 0.550.